The fourth-order valence-electron chi connectivity index (χ4n) is 3.30. The number of H-pyrrole nitrogens is 1. The van der Waals surface area contributed by atoms with Crippen LogP contribution in [-0.4, -0.2) is 34.2 Å². The molecular weight excluding hydrogens is 356 g/mol. The monoisotopic (exact) mass is 376 g/mol. The molecule has 1 aliphatic rings. The average Bonchev–Trinajstić information content (AvgIpc) is 3.32. The van der Waals surface area contributed by atoms with Crippen LogP contribution in [0.2, 0.25) is 0 Å². The fraction of sp³-hybridized carbons (Fsp3) is 0.200. The molecule has 2 amide bonds. The maximum Gasteiger partial charge on any atom is 0.268 e. The van der Waals surface area contributed by atoms with Crippen molar-refractivity contribution in [3.63, 3.8) is 0 Å². The van der Waals surface area contributed by atoms with Crippen molar-refractivity contribution < 1.29 is 9.59 Å². The molecule has 142 valence electrons. The molecule has 0 spiro atoms. The summed E-state index contributed by atoms with van der Waals surface area (Å²) < 4.78 is 0. The van der Waals surface area contributed by atoms with Crippen LogP contribution < -0.4 is 16.4 Å². The number of aromatic amines is 1. The van der Waals surface area contributed by atoms with Gasteiger partial charge >= 0.3 is 0 Å². The number of imidazole rings is 1. The van der Waals surface area contributed by atoms with Gasteiger partial charge in [-0.1, -0.05) is 42.0 Å². The predicted molar refractivity (Wildman–Crippen MR) is 105 cm³/mol. The molecule has 8 nitrogen and oxygen atoms in total. The second kappa shape index (κ2) is 6.90. The number of nitrogens with one attached hydrogen (secondary N) is 3. The van der Waals surface area contributed by atoms with Crippen molar-refractivity contribution in [1.82, 2.24) is 20.6 Å². The van der Waals surface area contributed by atoms with Gasteiger partial charge in [-0.3, -0.25) is 19.9 Å². The van der Waals surface area contributed by atoms with Crippen LogP contribution in [0.15, 0.2) is 53.5 Å². The minimum atomic E-state index is -1.60. The average molecular weight is 376 g/mol. The Kier molecular flexibility index (Phi) is 4.40. The van der Waals surface area contributed by atoms with Crippen molar-refractivity contribution >= 4 is 28.6 Å². The molecule has 1 atom stereocenters. The summed E-state index contributed by atoms with van der Waals surface area (Å²) >= 11 is 0. The SMILES string of the molecule is Cc1ccc(CNC(=O)C2=NCNC2(C(N)=O)c2nc3ccccc3[nH]2)cc1. The van der Waals surface area contributed by atoms with Crippen LogP contribution in [0.4, 0.5) is 0 Å². The van der Waals surface area contributed by atoms with Crippen LogP contribution >= 0.6 is 0 Å². The summed E-state index contributed by atoms with van der Waals surface area (Å²) in [5, 5.41) is 5.76. The molecule has 5 N–H and O–H groups in total. The lowest BCUT2D eigenvalue weighted by Gasteiger charge is -2.25. The van der Waals surface area contributed by atoms with Gasteiger partial charge in [0, 0.05) is 6.54 Å². The van der Waals surface area contributed by atoms with Gasteiger partial charge in [0.05, 0.1) is 17.7 Å². The number of nitrogens with two attached hydrogens (primary N) is 1. The number of aromatic nitrogens is 2. The normalized spacial score (nSPS) is 18.8. The lowest BCUT2D eigenvalue weighted by molar-refractivity contribution is -0.123. The molecule has 0 saturated heterocycles. The van der Waals surface area contributed by atoms with Crippen molar-refractivity contribution in [1.29, 1.82) is 0 Å². The highest BCUT2D eigenvalue weighted by molar-refractivity contribution is 6.46. The maximum absolute atomic E-state index is 12.9. The molecule has 8 heteroatoms. The standard InChI is InChI=1S/C20H20N6O2/c1-12-6-8-13(9-7-12)10-22-17(27)16-20(18(21)28,24-11-23-16)19-25-14-4-2-3-5-15(14)26-19/h2-9,24H,10-11H2,1H3,(H2,21,28)(H,22,27)(H,25,26). The molecule has 3 aromatic rings. The molecule has 0 fully saturated rings. The Morgan fingerprint density at radius 3 is 2.64 bits per heavy atom. The molecule has 4 rings (SSSR count). The summed E-state index contributed by atoms with van der Waals surface area (Å²) in [4.78, 5) is 37.1. The van der Waals surface area contributed by atoms with E-state index < -0.39 is 17.4 Å². The van der Waals surface area contributed by atoms with Gasteiger partial charge in [0.2, 0.25) is 5.54 Å². The third-order valence-electron chi connectivity index (χ3n) is 4.84. The molecule has 0 bridgehead atoms. The first-order chi connectivity index (χ1) is 13.5. The van der Waals surface area contributed by atoms with Gasteiger partial charge in [0.1, 0.15) is 11.5 Å². The van der Waals surface area contributed by atoms with E-state index in [9.17, 15) is 9.59 Å². The Bertz CT molecular complexity index is 1050. The number of aliphatic imine (C=N–C) groups is 1. The van der Waals surface area contributed by atoms with Gasteiger partial charge in [-0.2, -0.15) is 0 Å². The molecule has 1 aromatic heterocycles. The molecule has 1 aliphatic heterocycles. The van der Waals surface area contributed by atoms with Crippen LogP contribution in [0.1, 0.15) is 17.0 Å². The van der Waals surface area contributed by atoms with Gasteiger partial charge in [-0.25, -0.2) is 4.98 Å². The van der Waals surface area contributed by atoms with Gasteiger partial charge in [0.25, 0.3) is 11.8 Å². The molecular formula is C20H20N6O2. The summed E-state index contributed by atoms with van der Waals surface area (Å²) in [5.74, 6) is -0.957. The van der Waals surface area contributed by atoms with Gasteiger partial charge in [-0.05, 0) is 24.6 Å². The molecule has 2 aromatic carbocycles. The second-order valence-corrected chi connectivity index (χ2v) is 6.73. The van der Waals surface area contributed by atoms with Crippen LogP contribution in [0.5, 0.6) is 0 Å². The quantitative estimate of drug-likeness (QED) is 0.527. The second-order valence-electron chi connectivity index (χ2n) is 6.73. The minimum absolute atomic E-state index is 0.00571. The molecule has 2 heterocycles. The summed E-state index contributed by atoms with van der Waals surface area (Å²) in [6.07, 6.45) is 0. The van der Waals surface area contributed by atoms with E-state index in [0.717, 1.165) is 16.6 Å². The molecule has 1 unspecified atom stereocenters. The number of benzene rings is 2. The lowest BCUT2D eigenvalue weighted by atomic mass is 9.91. The van der Waals surface area contributed by atoms with Gasteiger partial charge < -0.3 is 16.0 Å². The Hall–Kier alpha value is -3.52. The summed E-state index contributed by atoms with van der Waals surface area (Å²) in [6.45, 7) is 2.40. The zero-order valence-electron chi connectivity index (χ0n) is 15.3. The first-order valence-electron chi connectivity index (χ1n) is 8.89. The predicted octanol–water partition coefficient (Wildman–Crippen LogP) is 0.870. The number of aryl methyl sites for hydroxylation is 1. The lowest BCUT2D eigenvalue weighted by Crippen LogP contribution is -2.59. The summed E-state index contributed by atoms with van der Waals surface area (Å²) in [5.41, 5.74) is 7.62. The Labute approximate surface area is 161 Å². The number of para-hydroxylation sites is 2. The number of hydrogen-bond acceptors (Lipinski definition) is 5. The van der Waals surface area contributed by atoms with Crippen molar-refractivity contribution in [3.05, 3.63) is 65.5 Å². The van der Waals surface area contributed by atoms with Crippen molar-refractivity contribution in [3.8, 4) is 0 Å². The van der Waals surface area contributed by atoms with E-state index in [2.05, 4.69) is 25.6 Å². The van der Waals surface area contributed by atoms with E-state index >= 15 is 0 Å². The zero-order valence-corrected chi connectivity index (χ0v) is 15.3. The van der Waals surface area contributed by atoms with E-state index in [4.69, 9.17) is 5.73 Å². The minimum Gasteiger partial charge on any atom is -0.367 e. The molecule has 0 saturated carbocycles. The van der Waals surface area contributed by atoms with E-state index in [1.165, 1.54) is 0 Å². The molecule has 0 aliphatic carbocycles. The first-order valence-corrected chi connectivity index (χ1v) is 8.89. The highest BCUT2D eigenvalue weighted by Crippen LogP contribution is 2.26. The number of fused-ring (bicyclic) bond motifs is 1. The Morgan fingerprint density at radius 2 is 1.93 bits per heavy atom. The van der Waals surface area contributed by atoms with E-state index in [1.807, 2.05) is 55.5 Å². The topological polar surface area (TPSA) is 125 Å². The van der Waals surface area contributed by atoms with Crippen molar-refractivity contribution in [2.75, 3.05) is 6.67 Å². The molecule has 28 heavy (non-hydrogen) atoms. The first kappa shape index (κ1) is 17.9. The Balaban J connectivity index is 1.63. The van der Waals surface area contributed by atoms with E-state index in [1.54, 1.807) is 0 Å². The summed E-state index contributed by atoms with van der Waals surface area (Å²) in [7, 11) is 0. The largest absolute Gasteiger partial charge is 0.367 e. The van der Waals surface area contributed by atoms with Gasteiger partial charge in [0.15, 0.2) is 0 Å². The van der Waals surface area contributed by atoms with Crippen LogP contribution in [-0.2, 0) is 21.7 Å². The highest BCUT2D eigenvalue weighted by atomic mass is 16.2. The van der Waals surface area contributed by atoms with Crippen molar-refractivity contribution in [2.24, 2.45) is 10.7 Å². The van der Waals surface area contributed by atoms with E-state index in [0.29, 0.717) is 12.1 Å². The summed E-state index contributed by atoms with van der Waals surface area (Å²) in [6, 6.07) is 15.2. The van der Waals surface area contributed by atoms with E-state index in [-0.39, 0.29) is 18.2 Å². The fourth-order valence-corrected chi connectivity index (χ4v) is 3.30. The third-order valence-corrected chi connectivity index (χ3v) is 4.84. The van der Waals surface area contributed by atoms with Crippen LogP contribution in [0, 0.1) is 6.92 Å². The smallest absolute Gasteiger partial charge is 0.268 e. The van der Waals surface area contributed by atoms with Crippen molar-refractivity contribution in [2.45, 2.75) is 19.0 Å². The number of amides is 2. The maximum atomic E-state index is 12.9. The highest BCUT2D eigenvalue weighted by Gasteiger charge is 2.52. The third kappa shape index (κ3) is 2.93. The van der Waals surface area contributed by atoms with Crippen LogP contribution in [0.25, 0.3) is 11.0 Å². The number of carbonyl (C=O) groups is 2. The number of hydrogen-bond donors (Lipinski definition) is 4. The van der Waals surface area contributed by atoms with Gasteiger partial charge in [-0.15, -0.1) is 0 Å². The number of carbonyl (C=O) groups excluding carboxylic acids is 2. The number of nitrogens with zero attached hydrogens (tertiary/aromatic N) is 2. The number of primary amides is 1. The Morgan fingerprint density at radius 1 is 1.18 bits per heavy atom. The van der Waals surface area contributed by atoms with Crippen LogP contribution in [0.3, 0.4) is 0 Å². The zero-order chi connectivity index (χ0) is 19.7. The molecule has 0 radical (unpaired) electrons. The number of rotatable bonds is 5.